The van der Waals surface area contributed by atoms with E-state index in [4.69, 9.17) is 5.14 Å². The zero-order valence-corrected chi connectivity index (χ0v) is 17.7. The Balaban J connectivity index is 1.84. The van der Waals surface area contributed by atoms with Gasteiger partial charge in [0.15, 0.2) is 0 Å². The van der Waals surface area contributed by atoms with E-state index in [1.54, 1.807) is 6.08 Å². The van der Waals surface area contributed by atoms with Gasteiger partial charge in [-0.3, -0.25) is 4.79 Å². The number of anilines is 2. The summed E-state index contributed by atoms with van der Waals surface area (Å²) in [4.78, 5) is 14.5. The topological polar surface area (TPSA) is 116 Å². The summed E-state index contributed by atoms with van der Waals surface area (Å²) in [7, 11) is -1.86. The number of benzene rings is 2. The number of hydrogen-bond donors (Lipinski definition) is 2. The molecule has 7 nitrogen and oxygen atoms in total. The molecule has 0 saturated carbocycles. The highest BCUT2D eigenvalue weighted by atomic mass is 32.2. The van der Waals surface area contributed by atoms with Crippen LogP contribution in [0.5, 0.6) is 0 Å². The van der Waals surface area contributed by atoms with Gasteiger partial charge in [-0.15, -0.1) is 0 Å². The average molecular weight is 423 g/mol. The molecule has 0 saturated heterocycles. The van der Waals surface area contributed by atoms with Gasteiger partial charge in [-0.2, -0.15) is 5.26 Å². The highest BCUT2D eigenvalue weighted by Gasteiger charge is 2.37. The van der Waals surface area contributed by atoms with Crippen LogP contribution in [-0.2, 0) is 20.2 Å². The Morgan fingerprint density at radius 3 is 2.37 bits per heavy atom. The second kappa shape index (κ2) is 7.78. The number of primary sulfonamides is 1. The van der Waals surface area contributed by atoms with Crippen LogP contribution in [0.25, 0.3) is 0 Å². The number of rotatable bonds is 4. The summed E-state index contributed by atoms with van der Waals surface area (Å²) in [5, 5.41) is 17.1. The molecule has 0 aromatic heterocycles. The average Bonchev–Trinajstić information content (AvgIpc) is 2.89. The first kappa shape index (κ1) is 21.3. The van der Waals surface area contributed by atoms with Crippen LogP contribution in [-0.4, -0.2) is 21.4 Å². The quantitative estimate of drug-likeness (QED) is 0.580. The number of nitriles is 1. The number of likely N-dealkylation sites (N-methyl/N-ethyl adjacent to an activating group) is 1. The van der Waals surface area contributed by atoms with E-state index in [2.05, 4.69) is 25.2 Å². The molecule has 2 aromatic rings. The van der Waals surface area contributed by atoms with Crippen LogP contribution in [0.2, 0.25) is 0 Å². The molecular weight excluding hydrogens is 400 g/mol. The van der Waals surface area contributed by atoms with Gasteiger partial charge in [0.1, 0.15) is 11.6 Å². The van der Waals surface area contributed by atoms with Crippen molar-refractivity contribution in [2.45, 2.75) is 24.2 Å². The Kier molecular flexibility index (Phi) is 5.53. The molecular formula is C22H22N4O3S. The van der Waals surface area contributed by atoms with Crippen molar-refractivity contribution in [3.8, 4) is 6.07 Å². The third-order valence-corrected chi connectivity index (χ3v) is 6.08. The molecule has 8 heteroatoms. The predicted octanol–water partition coefficient (Wildman–Crippen LogP) is 3.03. The van der Waals surface area contributed by atoms with Gasteiger partial charge in [-0.05, 0) is 48.0 Å². The second-order valence-corrected chi connectivity index (χ2v) is 9.03. The largest absolute Gasteiger partial charge is 0.347 e. The maximum atomic E-state index is 12.5. The molecule has 30 heavy (non-hydrogen) atoms. The standard InChI is InChI=1S/C22H22N4O3S/c1-22(2)18-6-4-5-7-19(18)26(3)20(22)13-8-15(14-23)21(27)25-16-9-11-17(12-10-16)30(24,28)29/h4-13H,1-3H3,(H,25,27)(H2,24,28,29)/b15-8+,20-13-. The van der Waals surface area contributed by atoms with E-state index in [0.29, 0.717) is 5.69 Å². The second-order valence-electron chi connectivity index (χ2n) is 7.47. The Morgan fingerprint density at radius 2 is 1.80 bits per heavy atom. The minimum atomic E-state index is -3.81. The summed E-state index contributed by atoms with van der Waals surface area (Å²) in [5.74, 6) is -0.589. The number of hydrogen-bond acceptors (Lipinski definition) is 5. The van der Waals surface area contributed by atoms with Gasteiger partial charge >= 0.3 is 0 Å². The zero-order chi connectivity index (χ0) is 22.1. The number of para-hydroxylation sites is 1. The third-order valence-electron chi connectivity index (χ3n) is 5.15. The normalized spacial score (nSPS) is 16.8. The van der Waals surface area contributed by atoms with Crippen molar-refractivity contribution in [3.63, 3.8) is 0 Å². The summed E-state index contributed by atoms with van der Waals surface area (Å²) < 4.78 is 22.6. The van der Waals surface area contributed by atoms with Crippen LogP contribution in [0.4, 0.5) is 11.4 Å². The van der Waals surface area contributed by atoms with E-state index in [-0.39, 0.29) is 15.9 Å². The number of fused-ring (bicyclic) bond motifs is 1. The van der Waals surface area contributed by atoms with Crippen molar-refractivity contribution in [3.05, 3.63) is 77.5 Å². The zero-order valence-electron chi connectivity index (χ0n) is 16.9. The van der Waals surface area contributed by atoms with Crippen molar-refractivity contribution < 1.29 is 13.2 Å². The van der Waals surface area contributed by atoms with Gasteiger partial charge in [-0.25, -0.2) is 13.6 Å². The lowest BCUT2D eigenvalue weighted by Gasteiger charge is -2.23. The number of sulfonamides is 1. The number of nitrogens with zero attached hydrogens (tertiary/aromatic N) is 2. The number of carbonyl (C=O) groups is 1. The van der Waals surface area contributed by atoms with Gasteiger partial charge in [0.05, 0.1) is 4.90 Å². The van der Waals surface area contributed by atoms with Crippen LogP contribution in [0, 0.1) is 11.3 Å². The van der Waals surface area contributed by atoms with Crippen molar-refractivity contribution >= 4 is 27.3 Å². The number of nitrogens with two attached hydrogens (primary N) is 1. The summed E-state index contributed by atoms with van der Waals surface area (Å²) in [5.41, 5.74) is 3.22. The van der Waals surface area contributed by atoms with Crippen LogP contribution in [0.15, 0.2) is 76.8 Å². The predicted molar refractivity (Wildman–Crippen MR) is 116 cm³/mol. The third kappa shape index (κ3) is 3.99. The smallest absolute Gasteiger partial charge is 0.266 e. The SMILES string of the molecule is CN1/C(=C\C=C(/C#N)C(=O)Nc2ccc(S(N)(=O)=O)cc2)C(C)(C)c2ccccc21. The van der Waals surface area contributed by atoms with Crippen LogP contribution >= 0.6 is 0 Å². The molecule has 0 fully saturated rings. The molecule has 1 heterocycles. The molecule has 1 aliphatic heterocycles. The van der Waals surface area contributed by atoms with Crippen LogP contribution < -0.4 is 15.4 Å². The van der Waals surface area contributed by atoms with Gasteiger partial charge in [0.25, 0.3) is 5.91 Å². The Labute approximate surface area is 176 Å². The number of allylic oxidation sites excluding steroid dienone is 3. The number of amides is 1. The number of carbonyl (C=O) groups excluding carboxylic acids is 1. The van der Waals surface area contributed by atoms with Gasteiger partial charge in [0, 0.05) is 29.5 Å². The molecule has 1 aliphatic rings. The fourth-order valence-electron chi connectivity index (χ4n) is 3.55. The Morgan fingerprint density at radius 1 is 1.17 bits per heavy atom. The summed E-state index contributed by atoms with van der Waals surface area (Å²) in [6.07, 6.45) is 3.27. The first-order valence-corrected chi connectivity index (χ1v) is 10.7. The Bertz CT molecular complexity index is 1200. The molecule has 2 aromatic carbocycles. The molecule has 0 bridgehead atoms. The van der Waals surface area contributed by atoms with Crippen molar-refractivity contribution in [1.82, 2.24) is 0 Å². The lowest BCUT2D eigenvalue weighted by Crippen LogP contribution is -2.22. The molecule has 3 N–H and O–H groups in total. The lowest BCUT2D eigenvalue weighted by atomic mass is 9.83. The van der Waals surface area contributed by atoms with Gasteiger partial charge in [-0.1, -0.05) is 32.0 Å². The van der Waals surface area contributed by atoms with Crippen molar-refractivity contribution in [2.24, 2.45) is 5.14 Å². The Hall–Kier alpha value is -3.41. The van der Waals surface area contributed by atoms with E-state index in [9.17, 15) is 18.5 Å². The number of nitrogens with one attached hydrogen (secondary N) is 1. The molecule has 154 valence electrons. The molecule has 1 amide bonds. The maximum Gasteiger partial charge on any atom is 0.266 e. The molecule has 3 rings (SSSR count). The van der Waals surface area contributed by atoms with E-state index >= 15 is 0 Å². The molecule has 0 unspecified atom stereocenters. The molecule has 0 aliphatic carbocycles. The van der Waals surface area contributed by atoms with E-state index in [1.165, 1.54) is 35.9 Å². The van der Waals surface area contributed by atoms with Crippen molar-refractivity contribution in [1.29, 1.82) is 5.26 Å². The van der Waals surface area contributed by atoms with Crippen molar-refractivity contribution in [2.75, 3.05) is 17.3 Å². The molecule has 0 spiro atoms. The first-order chi connectivity index (χ1) is 14.1. The summed E-state index contributed by atoms with van der Waals surface area (Å²) in [6, 6.07) is 15.4. The van der Waals surface area contributed by atoms with E-state index in [1.807, 2.05) is 36.2 Å². The van der Waals surface area contributed by atoms with Gasteiger partial charge < -0.3 is 10.2 Å². The van der Waals surface area contributed by atoms with E-state index in [0.717, 1.165) is 11.4 Å². The fraction of sp³-hybridized carbons (Fsp3) is 0.182. The monoisotopic (exact) mass is 422 g/mol. The maximum absolute atomic E-state index is 12.5. The minimum Gasteiger partial charge on any atom is -0.347 e. The molecule has 0 radical (unpaired) electrons. The summed E-state index contributed by atoms with van der Waals surface area (Å²) >= 11 is 0. The van der Waals surface area contributed by atoms with Crippen LogP contribution in [0.3, 0.4) is 0 Å². The minimum absolute atomic E-state index is 0.0626. The van der Waals surface area contributed by atoms with E-state index < -0.39 is 15.9 Å². The highest BCUT2D eigenvalue weighted by Crippen LogP contribution is 2.46. The molecule has 0 atom stereocenters. The lowest BCUT2D eigenvalue weighted by molar-refractivity contribution is -0.112. The van der Waals surface area contributed by atoms with Crippen LogP contribution in [0.1, 0.15) is 19.4 Å². The highest BCUT2D eigenvalue weighted by molar-refractivity contribution is 7.89. The fourth-order valence-corrected chi connectivity index (χ4v) is 4.07. The first-order valence-electron chi connectivity index (χ1n) is 9.15. The summed E-state index contributed by atoms with van der Waals surface area (Å²) in [6.45, 7) is 4.18. The van der Waals surface area contributed by atoms with Gasteiger partial charge in [0.2, 0.25) is 10.0 Å².